The van der Waals surface area contributed by atoms with E-state index in [1.165, 1.54) is 71.4 Å². The van der Waals surface area contributed by atoms with Crippen molar-refractivity contribution in [3.05, 3.63) is 300 Å². The Bertz CT molecular complexity index is 5100. The molecule has 85 heavy (non-hydrogen) atoms. The first-order valence-corrected chi connectivity index (χ1v) is 29.7. The molecule has 0 aliphatic heterocycles. The summed E-state index contributed by atoms with van der Waals surface area (Å²) in [5.74, 6) is 0. The number of hydrogen-bond donors (Lipinski definition) is 0. The molecule has 0 amide bonds. The SMILES string of the molecule is CC(C)(C)c1cccc2c1oc1c(N(c3ccccc3)c3ccc4c5c(c6ccccc6c4c3)-c3c(cc(N(c4ccccc4)c4cccc6c4oc4c(C(C)(C)C)cccc46)c4ccccc34)C5(c3ccccc3)c3ccccc3)cccc12. The van der Waals surface area contributed by atoms with Crippen LogP contribution < -0.4 is 9.80 Å². The minimum atomic E-state index is -0.811. The zero-order valence-corrected chi connectivity index (χ0v) is 48.6. The molecular formula is C81H62N2O2. The summed E-state index contributed by atoms with van der Waals surface area (Å²) >= 11 is 0. The Morgan fingerprint density at radius 3 is 1.21 bits per heavy atom. The third kappa shape index (κ3) is 7.54. The molecule has 408 valence electrons. The number of para-hydroxylation sites is 6. The van der Waals surface area contributed by atoms with Crippen molar-refractivity contribution in [1.29, 1.82) is 0 Å². The molecule has 0 fully saturated rings. The second-order valence-corrected chi connectivity index (χ2v) is 25.1. The van der Waals surface area contributed by atoms with Gasteiger partial charge in [0.15, 0.2) is 11.2 Å². The molecule has 13 aromatic carbocycles. The first-order valence-electron chi connectivity index (χ1n) is 29.7. The molecule has 15 aromatic rings. The fourth-order valence-electron chi connectivity index (χ4n) is 14.5. The molecule has 0 spiro atoms. The van der Waals surface area contributed by atoms with Crippen LogP contribution >= 0.6 is 0 Å². The highest BCUT2D eigenvalue weighted by molar-refractivity contribution is 6.24. The molecular weight excluding hydrogens is 1030 g/mol. The van der Waals surface area contributed by atoms with E-state index < -0.39 is 5.41 Å². The first-order chi connectivity index (χ1) is 41.5. The van der Waals surface area contributed by atoms with Crippen molar-refractivity contribution in [2.75, 3.05) is 9.80 Å². The Morgan fingerprint density at radius 2 is 0.694 bits per heavy atom. The lowest BCUT2D eigenvalue weighted by Crippen LogP contribution is -2.29. The van der Waals surface area contributed by atoms with E-state index in [9.17, 15) is 0 Å². The predicted octanol–water partition coefficient (Wildman–Crippen LogP) is 22.8. The van der Waals surface area contributed by atoms with Crippen LogP contribution in [0.2, 0.25) is 0 Å². The summed E-state index contributed by atoms with van der Waals surface area (Å²) in [6.45, 7) is 13.6. The van der Waals surface area contributed by atoms with Crippen LogP contribution in [0, 0.1) is 0 Å². The van der Waals surface area contributed by atoms with E-state index in [1.54, 1.807) is 0 Å². The van der Waals surface area contributed by atoms with Crippen LogP contribution in [0.5, 0.6) is 0 Å². The maximum atomic E-state index is 7.28. The zero-order valence-electron chi connectivity index (χ0n) is 48.6. The molecule has 1 aliphatic rings. The summed E-state index contributed by atoms with van der Waals surface area (Å²) in [6, 6.07) is 98.6. The van der Waals surface area contributed by atoms with Crippen LogP contribution in [0.1, 0.15) is 74.9 Å². The average molecular weight is 1100 g/mol. The van der Waals surface area contributed by atoms with Crippen molar-refractivity contribution in [2.24, 2.45) is 0 Å². The van der Waals surface area contributed by atoms with Gasteiger partial charge in [0, 0.05) is 55.1 Å². The van der Waals surface area contributed by atoms with Gasteiger partial charge in [0.25, 0.3) is 0 Å². The van der Waals surface area contributed by atoms with Gasteiger partial charge in [-0.05, 0) is 126 Å². The van der Waals surface area contributed by atoms with Crippen LogP contribution in [-0.2, 0) is 16.2 Å². The van der Waals surface area contributed by atoms with Gasteiger partial charge in [0.2, 0.25) is 0 Å². The molecule has 0 unspecified atom stereocenters. The van der Waals surface area contributed by atoms with Gasteiger partial charge in [-0.2, -0.15) is 0 Å². The lowest BCUT2D eigenvalue weighted by molar-refractivity contribution is 0.572. The van der Waals surface area contributed by atoms with Crippen LogP contribution in [-0.4, -0.2) is 0 Å². The van der Waals surface area contributed by atoms with Gasteiger partial charge >= 0.3 is 0 Å². The van der Waals surface area contributed by atoms with Crippen molar-refractivity contribution in [1.82, 2.24) is 0 Å². The Labute approximate surface area is 495 Å². The van der Waals surface area contributed by atoms with Gasteiger partial charge in [-0.3, -0.25) is 0 Å². The molecule has 0 N–H and O–H groups in total. The largest absolute Gasteiger partial charge is 0.454 e. The summed E-state index contributed by atoms with van der Waals surface area (Å²) in [4.78, 5) is 4.85. The fourth-order valence-corrected chi connectivity index (χ4v) is 14.5. The third-order valence-corrected chi connectivity index (χ3v) is 18.1. The third-order valence-electron chi connectivity index (χ3n) is 18.1. The van der Waals surface area contributed by atoms with Crippen molar-refractivity contribution in [3.63, 3.8) is 0 Å². The first kappa shape index (κ1) is 50.6. The minimum Gasteiger partial charge on any atom is -0.454 e. The molecule has 0 bridgehead atoms. The standard InChI is InChI=1S/C81H62N2O2/c1-79(2,3)66-43-23-39-61-63-41-25-45-69(77(63)84-75(61)66)82(53-31-15-9-16-32-53)55-47-48-60-65(49-55)56-35-19-21-37-58(56)73-72-59-38-22-20-36-57(59)71(50-68(72)81(74(60)73,51-27-11-7-12-28-51)52-29-13-8-14-30-52)83(54-33-17-10-18-34-54)70-46-26-42-64-62-40-24-44-67(80(4,5)6)76(62)85-78(64)70/h7-50H,1-6H3. The number of fused-ring (bicyclic) bond motifs is 16. The summed E-state index contributed by atoms with van der Waals surface area (Å²) in [5, 5.41) is 11.5. The van der Waals surface area contributed by atoms with Crippen LogP contribution in [0.25, 0.3) is 87.3 Å². The molecule has 4 heteroatoms. The average Bonchev–Trinajstić information content (AvgIpc) is 1.56. The van der Waals surface area contributed by atoms with Gasteiger partial charge in [-0.1, -0.05) is 254 Å². The molecule has 16 rings (SSSR count). The van der Waals surface area contributed by atoms with Crippen molar-refractivity contribution < 1.29 is 8.83 Å². The fraction of sp³-hybridized carbons (Fsp3) is 0.111. The lowest BCUT2D eigenvalue weighted by Gasteiger charge is -2.36. The van der Waals surface area contributed by atoms with E-state index in [0.717, 1.165) is 83.4 Å². The monoisotopic (exact) mass is 1090 g/mol. The van der Waals surface area contributed by atoms with E-state index in [-0.39, 0.29) is 10.8 Å². The topological polar surface area (TPSA) is 32.8 Å². The smallest absolute Gasteiger partial charge is 0.159 e. The van der Waals surface area contributed by atoms with E-state index in [2.05, 4.69) is 318 Å². The highest BCUT2D eigenvalue weighted by Gasteiger charge is 2.49. The normalized spacial score (nSPS) is 13.2. The van der Waals surface area contributed by atoms with Gasteiger partial charge in [0.1, 0.15) is 11.2 Å². The van der Waals surface area contributed by atoms with Crippen molar-refractivity contribution >= 4 is 110 Å². The Morgan fingerprint density at radius 1 is 0.282 bits per heavy atom. The molecule has 1 aliphatic carbocycles. The van der Waals surface area contributed by atoms with Gasteiger partial charge in [-0.25, -0.2) is 0 Å². The lowest BCUT2D eigenvalue weighted by atomic mass is 9.66. The van der Waals surface area contributed by atoms with Crippen molar-refractivity contribution in [3.8, 4) is 11.1 Å². The number of hydrogen-bond acceptors (Lipinski definition) is 4. The highest BCUT2D eigenvalue weighted by Crippen LogP contribution is 2.64. The van der Waals surface area contributed by atoms with E-state index in [0.29, 0.717) is 0 Å². The van der Waals surface area contributed by atoms with E-state index >= 15 is 0 Å². The quantitative estimate of drug-likeness (QED) is 0.142. The van der Waals surface area contributed by atoms with E-state index in [4.69, 9.17) is 8.83 Å². The summed E-state index contributed by atoms with van der Waals surface area (Å²) < 4.78 is 14.4. The zero-order chi connectivity index (χ0) is 57.3. The van der Waals surface area contributed by atoms with Gasteiger partial charge in [-0.15, -0.1) is 0 Å². The van der Waals surface area contributed by atoms with Crippen LogP contribution in [0.15, 0.2) is 276 Å². The number of nitrogens with zero attached hydrogens (tertiary/aromatic N) is 2. The summed E-state index contributed by atoms with van der Waals surface area (Å²) in [5.41, 5.74) is 18.4. The van der Waals surface area contributed by atoms with Crippen LogP contribution in [0.3, 0.4) is 0 Å². The second-order valence-electron chi connectivity index (χ2n) is 25.1. The molecule has 0 saturated heterocycles. The number of benzene rings is 13. The van der Waals surface area contributed by atoms with Gasteiger partial charge in [0.05, 0.1) is 22.5 Å². The number of rotatable bonds is 8. The highest BCUT2D eigenvalue weighted by atomic mass is 16.3. The predicted molar refractivity (Wildman–Crippen MR) is 358 cm³/mol. The minimum absolute atomic E-state index is 0.114. The summed E-state index contributed by atoms with van der Waals surface area (Å²) in [7, 11) is 0. The molecule has 0 radical (unpaired) electrons. The molecule has 2 heterocycles. The Hall–Kier alpha value is -10.2. The van der Waals surface area contributed by atoms with Gasteiger partial charge < -0.3 is 18.6 Å². The maximum absolute atomic E-state index is 7.28. The maximum Gasteiger partial charge on any atom is 0.159 e. The van der Waals surface area contributed by atoms with E-state index in [1.807, 2.05) is 0 Å². The molecule has 0 atom stereocenters. The van der Waals surface area contributed by atoms with Crippen molar-refractivity contribution in [2.45, 2.75) is 57.8 Å². The molecule has 0 saturated carbocycles. The molecule has 2 aromatic heterocycles. The van der Waals surface area contributed by atoms with Crippen LogP contribution in [0.4, 0.5) is 34.1 Å². The number of anilines is 6. The Kier molecular flexibility index (Phi) is 11.3. The summed E-state index contributed by atoms with van der Waals surface area (Å²) in [6.07, 6.45) is 0. The second kappa shape index (κ2) is 18.9. The molecule has 4 nitrogen and oxygen atoms in total. The Balaban J connectivity index is 1.02. The number of furan rings is 2.